The minimum Gasteiger partial charge on any atom is -0.325 e. The van der Waals surface area contributed by atoms with Gasteiger partial charge in [-0.1, -0.05) is 37.5 Å². The van der Waals surface area contributed by atoms with E-state index >= 15 is 0 Å². The van der Waals surface area contributed by atoms with E-state index in [0.717, 1.165) is 24.9 Å². The maximum Gasteiger partial charge on any atom is 0.244 e. The first kappa shape index (κ1) is 11.7. The van der Waals surface area contributed by atoms with E-state index in [9.17, 15) is 10.1 Å². The van der Waals surface area contributed by atoms with Crippen LogP contribution in [-0.4, -0.2) is 5.91 Å². The summed E-state index contributed by atoms with van der Waals surface area (Å²) in [6, 6.07) is 11.5. The molecule has 0 aromatic heterocycles. The molecule has 1 fully saturated rings. The van der Waals surface area contributed by atoms with E-state index in [-0.39, 0.29) is 5.91 Å². The fourth-order valence-electron chi connectivity index (χ4n) is 2.32. The van der Waals surface area contributed by atoms with Crippen molar-refractivity contribution in [2.24, 2.45) is 5.41 Å². The molecule has 1 aliphatic carbocycles. The largest absolute Gasteiger partial charge is 0.325 e. The number of carbonyl (C=O) groups is 1. The predicted octanol–water partition coefficient (Wildman–Crippen LogP) is 3.10. The maximum atomic E-state index is 12.2. The fraction of sp³-hybridized carbons (Fsp3) is 0.429. The van der Waals surface area contributed by atoms with Gasteiger partial charge in [0.25, 0.3) is 0 Å². The molecule has 0 spiro atoms. The Balaban J connectivity index is 2.11. The van der Waals surface area contributed by atoms with E-state index in [4.69, 9.17) is 0 Å². The number of hydrogen-bond donors (Lipinski definition) is 1. The van der Waals surface area contributed by atoms with Crippen molar-refractivity contribution in [3.8, 4) is 6.07 Å². The van der Waals surface area contributed by atoms with E-state index in [0.29, 0.717) is 12.8 Å². The van der Waals surface area contributed by atoms with Gasteiger partial charge in [0.05, 0.1) is 6.07 Å². The van der Waals surface area contributed by atoms with Crippen molar-refractivity contribution in [3.05, 3.63) is 30.3 Å². The average molecular weight is 228 g/mol. The van der Waals surface area contributed by atoms with Gasteiger partial charge in [-0.05, 0) is 25.0 Å². The van der Waals surface area contributed by atoms with Gasteiger partial charge in [-0.3, -0.25) is 4.79 Å². The third kappa shape index (κ3) is 2.47. The van der Waals surface area contributed by atoms with Crippen LogP contribution < -0.4 is 5.32 Å². The lowest BCUT2D eigenvalue weighted by atomic mass is 9.74. The quantitative estimate of drug-likeness (QED) is 0.845. The van der Waals surface area contributed by atoms with E-state index < -0.39 is 5.41 Å². The normalized spacial score (nSPS) is 18.1. The topological polar surface area (TPSA) is 52.9 Å². The highest BCUT2D eigenvalue weighted by Crippen LogP contribution is 2.36. The molecule has 3 heteroatoms. The van der Waals surface area contributed by atoms with E-state index in [1.165, 1.54) is 0 Å². The molecule has 1 N–H and O–H groups in total. The first-order valence-corrected chi connectivity index (χ1v) is 6.05. The molecule has 17 heavy (non-hydrogen) atoms. The van der Waals surface area contributed by atoms with Crippen LogP contribution in [0.25, 0.3) is 0 Å². The average Bonchev–Trinajstić information content (AvgIpc) is 2.40. The Morgan fingerprint density at radius 3 is 2.41 bits per heavy atom. The van der Waals surface area contributed by atoms with Crippen LogP contribution in [0, 0.1) is 16.7 Å². The minimum atomic E-state index is -0.811. The number of benzene rings is 1. The molecule has 0 aliphatic heterocycles. The van der Waals surface area contributed by atoms with Crippen molar-refractivity contribution in [2.45, 2.75) is 32.1 Å². The molecule has 2 rings (SSSR count). The number of carbonyl (C=O) groups excluding carboxylic acids is 1. The first-order chi connectivity index (χ1) is 8.27. The van der Waals surface area contributed by atoms with Crippen LogP contribution in [0.3, 0.4) is 0 Å². The summed E-state index contributed by atoms with van der Waals surface area (Å²) in [6.07, 6.45) is 4.43. The molecule has 1 amide bonds. The molecule has 0 saturated heterocycles. The van der Waals surface area contributed by atoms with Gasteiger partial charge < -0.3 is 5.32 Å². The zero-order valence-corrected chi connectivity index (χ0v) is 9.78. The number of nitrogens with zero attached hydrogens (tertiary/aromatic N) is 1. The van der Waals surface area contributed by atoms with Crippen LogP contribution in [0.2, 0.25) is 0 Å². The van der Waals surface area contributed by atoms with Gasteiger partial charge in [0, 0.05) is 5.69 Å². The van der Waals surface area contributed by atoms with E-state index in [1.54, 1.807) is 0 Å². The van der Waals surface area contributed by atoms with Crippen LogP contribution in [-0.2, 0) is 4.79 Å². The van der Waals surface area contributed by atoms with Crippen LogP contribution in [0.5, 0.6) is 0 Å². The highest BCUT2D eigenvalue weighted by molar-refractivity contribution is 5.97. The van der Waals surface area contributed by atoms with Gasteiger partial charge in [-0.2, -0.15) is 5.26 Å². The van der Waals surface area contributed by atoms with E-state index in [2.05, 4.69) is 11.4 Å². The third-order valence-corrected chi connectivity index (χ3v) is 3.39. The number of anilines is 1. The Bertz CT molecular complexity index is 427. The summed E-state index contributed by atoms with van der Waals surface area (Å²) in [4.78, 5) is 12.2. The second kappa shape index (κ2) is 5.01. The summed E-state index contributed by atoms with van der Waals surface area (Å²) >= 11 is 0. The van der Waals surface area contributed by atoms with Crippen LogP contribution in [0.15, 0.2) is 30.3 Å². The zero-order chi connectivity index (χ0) is 12.1. The van der Waals surface area contributed by atoms with Crippen LogP contribution in [0.4, 0.5) is 5.69 Å². The molecule has 1 aliphatic rings. The van der Waals surface area contributed by atoms with Gasteiger partial charge in [-0.15, -0.1) is 0 Å². The standard InChI is InChI=1S/C14H16N2O/c15-11-14(9-5-2-6-10-14)13(17)16-12-7-3-1-4-8-12/h1,3-4,7-8H,2,5-6,9-10H2,(H,16,17). The van der Waals surface area contributed by atoms with Crippen LogP contribution >= 0.6 is 0 Å². The molecule has 1 aromatic rings. The van der Waals surface area contributed by atoms with Gasteiger partial charge in [-0.25, -0.2) is 0 Å². The lowest BCUT2D eigenvalue weighted by molar-refractivity contribution is -0.124. The van der Waals surface area contributed by atoms with Crippen molar-refractivity contribution in [3.63, 3.8) is 0 Å². The summed E-state index contributed by atoms with van der Waals surface area (Å²) < 4.78 is 0. The molecule has 88 valence electrons. The second-order valence-electron chi connectivity index (χ2n) is 4.57. The van der Waals surface area contributed by atoms with Crippen molar-refractivity contribution in [2.75, 3.05) is 5.32 Å². The Morgan fingerprint density at radius 2 is 1.82 bits per heavy atom. The summed E-state index contributed by atoms with van der Waals surface area (Å²) in [5.74, 6) is -0.147. The van der Waals surface area contributed by atoms with Crippen molar-refractivity contribution < 1.29 is 4.79 Å². The number of hydrogen-bond acceptors (Lipinski definition) is 2. The Hall–Kier alpha value is -1.82. The SMILES string of the molecule is N#CC1(C(=O)Nc2ccccc2)CCCCC1. The maximum absolute atomic E-state index is 12.2. The summed E-state index contributed by atoms with van der Waals surface area (Å²) in [5, 5.41) is 12.1. The molecule has 0 atom stereocenters. The van der Waals surface area contributed by atoms with E-state index in [1.807, 2.05) is 30.3 Å². The van der Waals surface area contributed by atoms with Gasteiger partial charge in [0.15, 0.2) is 0 Å². The highest BCUT2D eigenvalue weighted by Gasteiger charge is 2.39. The predicted molar refractivity (Wildman–Crippen MR) is 66.2 cm³/mol. The number of amides is 1. The molecule has 0 unspecified atom stereocenters. The fourth-order valence-corrected chi connectivity index (χ4v) is 2.32. The molecular weight excluding hydrogens is 212 g/mol. The number of nitrogens with one attached hydrogen (secondary N) is 1. The number of rotatable bonds is 2. The monoisotopic (exact) mass is 228 g/mol. The summed E-state index contributed by atoms with van der Waals surface area (Å²) in [5.41, 5.74) is -0.0497. The van der Waals surface area contributed by atoms with Gasteiger partial charge in [0.1, 0.15) is 5.41 Å². The number of nitriles is 1. The highest BCUT2D eigenvalue weighted by atomic mass is 16.2. The second-order valence-corrected chi connectivity index (χ2v) is 4.57. The summed E-state index contributed by atoms with van der Waals surface area (Å²) in [7, 11) is 0. The molecule has 0 heterocycles. The molecule has 1 saturated carbocycles. The Labute approximate surface area is 101 Å². The molecule has 0 radical (unpaired) electrons. The minimum absolute atomic E-state index is 0.147. The van der Waals surface area contributed by atoms with Crippen LogP contribution in [0.1, 0.15) is 32.1 Å². The zero-order valence-electron chi connectivity index (χ0n) is 9.78. The van der Waals surface area contributed by atoms with Gasteiger partial charge >= 0.3 is 0 Å². The third-order valence-electron chi connectivity index (χ3n) is 3.39. The lowest BCUT2D eigenvalue weighted by Gasteiger charge is -2.29. The summed E-state index contributed by atoms with van der Waals surface area (Å²) in [6.45, 7) is 0. The molecule has 3 nitrogen and oxygen atoms in total. The van der Waals surface area contributed by atoms with Crippen molar-refractivity contribution in [1.82, 2.24) is 0 Å². The first-order valence-electron chi connectivity index (χ1n) is 6.05. The Morgan fingerprint density at radius 1 is 1.18 bits per heavy atom. The lowest BCUT2D eigenvalue weighted by Crippen LogP contribution is -2.36. The van der Waals surface area contributed by atoms with Gasteiger partial charge in [0.2, 0.25) is 5.91 Å². The molecule has 1 aromatic carbocycles. The molecule has 0 bridgehead atoms. The Kier molecular flexibility index (Phi) is 3.43. The smallest absolute Gasteiger partial charge is 0.244 e. The molecular formula is C14H16N2O. The van der Waals surface area contributed by atoms with Crippen molar-refractivity contribution in [1.29, 1.82) is 5.26 Å². The van der Waals surface area contributed by atoms with Crippen molar-refractivity contribution >= 4 is 11.6 Å². The number of para-hydroxylation sites is 1.